The topological polar surface area (TPSA) is 44.5 Å². The Balaban J connectivity index is 3.06. The van der Waals surface area contributed by atoms with Gasteiger partial charge in [-0.25, -0.2) is 0 Å². The molecule has 0 radical (unpaired) electrons. The van der Waals surface area contributed by atoms with Crippen LogP contribution in [-0.2, 0) is 0 Å². The monoisotopic (exact) mass is 107 g/mol. The summed E-state index contributed by atoms with van der Waals surface area (Å²) in [6.45, 7) is 0. The molecule has 2 heterocycles. The molecule has 0 amide bonds. The van der Waals surface area contributed by atoms with Crippen molar-refractivity contribution < 1.29 is 0 Å². The molecule has 0 aromatic carbocycles. The summed E-state index contributed by atoms with van der Waals surface area (Å²) in [7, 11) is 0. The Hall–Kier alpha value is -1.25. The van der Waals surface area contributed by atoms with Crippen molar-refractivity contribution >= 4 is 11.0 Å². The van der Waals surface area contributed by atoms with Crippen LogP contribution in [0.15, 0.2) is 18.5 Å². The maximum atomic E-state index is 3.81. The number of nitrogens with zero attached hydrogens (tertiary/aromatic N) is 1. The van der Waals surface area contributed by atoms with Crippen molar-refractivity contribution in [1.29, 1.82) is 0 Å². The van der Waals surface area contributed by atoms with E-state index in [2.05, 4.69) is 15.2 Å². The van der Waals surface area contributed by atoms with Gasteiger partial charge in [0.05, 0.1) is 17.2 Å². The van der Waals surface area contributed by atoms with E-state index in [9.17, 15) is 0 Å². The van der Waals surface area contributed by atoms with Crippen LogP contribution >= 0.6 is 0 Å². The Morgan fingerprint density at radius 3 is 3.25 bits per heavy atom. The lowest BCUT2D eigenvalue weighted by atomic mass is 10.5. The molecular formula is C5H5N3. The first kappa shape index (κ1) is 3.72. The third kappa shape index (κ3) is 0.307. The van der Waals surface area contributed by atoms with Crippen molar-refractivity contribution in [2.75, 3.05) is 0 Å². The summed E-state index contributed by atoms with van der Waals surface area (Å²) >= 11 is 0. The van der Waals surface area contributed by atoms with E-state index in [0.717, 1.165) is 11.0 Å². The smallest absolute Gasteiger partial charge is 0.0838 e. The summed E-state index contributed by atoms with van der Waals surface area (Å²) in [5, 5.41) is 6.62. The van der Waals surface area contributed by atoms with E-state index < -0.39 is 0 Å². The summed E-state index contributed by atoms with van der Waals surface area (Å²) < 4.78 is 0. The summed E-state index contributed by atoms with van der Waals surface area (Å²) in [5.74, 6) is 0. The maximum Gasteiger partial charge on any atom is 0.0838 e. The fourth-order valence-corrected chi connectivity index (χ4v) is 0.753. The number of hydrogen-bond donors (Lipinski definition) is 2. The van der Waals surface area contributed by atoms with Crippen LogP contribution in [0.3, 0.4) is 0 Å². The SMILES string of the molecule is c1cc2[nH]ncc2[nH]1. The lowest BCUT2D eigenvalue weighted by molar-refractivity contribution is 1.12. The molecule has 0 aliphatic rings. The number of hydrogen-bond acceptors (Lipinski definition) is 1. The number of H-pyrrole nitrogens is 2. The van der Waals surface area contributed by atoms with Crippen molar-refractivity contribution in [3.8, 4) is 0 Å². The van der Waals surface area contributed by atoms with E-state index in [-0.39, 0.29) is 0 Å². The Bertz CT molecular complexity index is 229. The second kappa shape index (κ2) is 1.12. The molecule has 2 rings (SSSR count). The zero-order chi connectivity index (χ0) is 5.40. The molecule has 2 aromatic rings. The molecular weight excluding hydrogens is 102 g/mol. The first-order valence-corrected chi connectivity index (χ1v) is 2.43. The van der Waals surface area contributed by atoms with E-state index in [0.29, 0.717) is 0 Å². The zero-order valence-electron chi connectivity index (χ0n) is 4.18. The number of fused-ring (bicyclic) bond motifs is 1. The molecule has 0 saturated heterocycles. The molecule has 2 N–H and O–H groups in total. The molecule has 8 heavy (non-hydrogen) atoms. The average molecular weight is 107 g/mol. The Labute approximate surface area is 45.7 Å². The lowest BCUT2D eigenvalue weighted by Crippen LogP contribution is -1.58. The minimum absolute atomic E-state index is 1.06. The van der Waals surface area contributed by atoms with Crippen LogP contribution in [0.5, 0.6) is 0 Å². The normalized spacial score (nSPS) is 10.5. The number of aromatic nitrogens is 3. The third-order valence-corrected chi connectivity index (χ3v) is 1.16. The standard InChI is InChI=1S/C5H5N3/c1-2-6-5-3-7-8-4(1)5/h1-3,6H,(H,7,8). The summed E-state index contributed by atoms with van der Waals surface area (Å²) in [5.41, 5.74) is 2.12. The Morgan fingerprint density at radius 1 is 1.38 bits per heavy atom. The molecule has 0 aliphatic carbocycles. The Morgan fingerprint density at radius 2 is 2.38 bits per heavy atom. The zero-order valence-corrected chi connectivity index (χ0v) is 4.18. The maximum absolute atomic E-state index is 3.81. The Kier molecular flexibility index (Phi) is 0.521. The van der Waals surface area contributed by atoms with Crippen LogP contribution < -0.4 is 0 Å². The fourth-order valence-electron chi connectivity index (χ4n) is 0.753. The highest BCUT2D eigenvalue weighted by Gasteiger charge is 1.89. The summed E-state index contributed by atoms with van der Waals surface area (Å²) in [6, 6.07) is 1.95. The minimum atomic E-state index is 1.06. The van der Waals surface area contributed by atoms with Gasteiger partial charge in [-0.2, -0.15) is 5.10 Å². The van der Waals surface area contributed by atoms with E-state index >= 15 is 0 Å². The second-order valence-electron chi connectivity index (χ2n) is 1.68. The van der Waals surface area contributed by atoms with Crippen molar-refractivity contribution in [1.82, 2.24) is 15.2 Å². The van der Waals surface area contributed by atoms with E-state index in [4.69, 9.17) is 0 Å². The van der Waals surface area contributed by atoms with Gasteiger partial charge in [0, 0.05) is 6.20 Å². The van der Waals surface area contributed by atoms with Crippen LogP contribution in [0.2, 0.25) is 0 Å². The van der Waals surface area contributed by atoms with Crippen molar-refractivity contribution in [3.63, 3.8) is 0 Å². The van der Waals surface area contributed by atoms with Gasteiger partial charge in [-0.3, -0.25) is 5.10 Å². The van der Waals surface area contributed by atoms with Gasteiger partial charge in [-0.05, 0) is 6.07 Å². The van der Waals surface area contributed by atoms with E-state index in [1.54, 1.807) is 6.20 Å². The molecule has 0 unspecified atom stereocenters. The van der Waals surface area contributed by atoms with Crippen molar-refractivity contribution in [2.45, 2.75) is 0 Å². The van der Waals surface area contributed by atoms with Gasteiger partial charge in [-0.15, -0.1) is 0 Å². The minimum Gasteiger partial charge on any atom is -0.359 e. The average Bonchev–Trinajstić information content (AvgIpc) is 2.15. The highest BCUT2D eigenvalue weighted by Crippen LogP contribution is 2.04. The van der Waals surface area contributed by atoms with Gasteiger partial charge in [-0.1, -0.05) is 0 Å². The predicted molar refractivity (Wildman–Crippen MR) is 30.4 cm³/mol. The molecule has 0 bridgehead atoms. The van der Waals surface area contributed by atoms with Gasteiger partial charge in [0.25, 0.3) is 0 Å². The van der Waals surface area contributed by atoms with Crippen LogP contribution in [-0.4, -0.2) is 15.2 Å². The largest absolute Gasteiger partial charge is 0.359 e. The van der Waals surface area contributed by atoms with Crippen molar-refractivity contribution in [2.24, 2.45) is 0 Å². The lowest BCUT2D eigenvalue weighted by Gasteiger charge is -1.65. The number of rotatable bonds is 0. The molecule has 40 valence electrons. The van der Waals surface area contributed by atoms with Gasteiger partial charge in [0.15, 0.2) is 0 Å². The highest BCUT2D eigenvalue weighted by atomic mass is 15.1. The van der Waals surface area contributed by atoms with Crippen LogP contribution in [0.25, 0.3) is 11.0 Å². The van der Waals surface area contributed by atoms with Crippen molar-refractivity contribution in [3.05, 3.63) is 18.5 Å². The predicted octanol–water partition coefficient (Wildman–Crippen LogP) is 0.891. The fraction of sp³-hybridized carbons (Fsp3) is 0. The molecule has 3 nitrogen and oxygen atoms in total. The van der Waals surface area contributed by atoms with Gasteiger partial charge < -0.3 is 4.98 Å². The number of nitrogens with one attached hydrogen (secondary N) is 2. The number of aromatic amines is 2. The van der Waals surface area contributed by atoms with Crippen LogP contribution in [0, 0.1) is 0 Å². The molecule has 2 aromatic heterocycles. The first-order chi connectivity index (χ1) is 3.97. The molecule has 0 fully saturated rings. The highest BCUT2D eigenvalue weighted by molar-refractivity contribution is 5.73. The van der Waals surface area contributed by atoms with Crippen LogP contribution in [0.4, 0.5) is 0 Å². The molecule has 0 aliphatic heterocycles. The van der Waals surface area contributed by atoms with Gasteiger partial charge in [0.1, 0.15) is 0 Å². The molecule has 0 atom stereocenters. The molecule has 0 spiro atoms. The van der Waals surface area contributed by atoms with Gasteiger partial charge >= 0.3 is 0 Å². The third-order valence-electron chi connectivity index (χ3n) is 1.16. The first-order valence-electron chi connectivity index (χ1n) is 2.43. The van der Waals surface area contributed by atoms with Gasteiger partial charge in [0.2, 0.25) is 0 Å². The summed E-state index contributed by atoms with van der Waals surface area (Å²) in [6.07, 6.45) is 3.64. The van der Waals surface area contributed by atoms with E-state index in [1.807, 2.05) is 12.3 Å². The molecule has 0 saturated carbocycles. The summed E-state index contributed by atoms with van der Waals surface area (Å²) in [4.78, 5) is 3.01. The van der Waals surface area contributed by atoms with Crippen LogP contribution in [0.1, 0.15) is 0 Å². The quantitative estimate of drug-likeness (QED) is 0.516. The van der Waals surface area contributed by atoms with E-state index in [1.165, 1.54) is 0 Å². The molecule has 3 heteroatoms. The second-order valence-corrected chi connectivity index (χ2v) is 1.68.